The van der Waals surface area contributed by atoms with Crippen molar-refractivity contribution in [1.82, 2.24) is 9.62 Å². The Morgan fingerprint density at radius 3 is 2.43 bits per heavy atom. The molecule has 0 atom stereocenters. The van der Waals surface area contributed by atoms with Crippen LogP contribution in [0.15, 0.2) is 17.0 Å². The molecule has 0 saturated carbocycles. The first kappa shape index (κ1) is 18.1. The van der Waals surface area contributed by atoms with Crippen LogP contribution in [0.3, 0.4) is 0 Å². The molecule has 120 valence electrons. The molecule has 0 spiro atoms. The van der Waals surface area contributed by atoms with Crippen LogP contribution < -0.4 is 5.32 Å². The molecule has 1 aromatic carbocycles. The quantitative estimate of drug-likeness (QED) is 0.803. The van der Waals surface area contributed by atoms with Crippen molar-refractivity contribution in [2.24, 2.45) is 0 Å². The SMILES string of the molecule is CCCCN(C)S(=O)(=O)c1cc(CNCC)cc(C)c1C. The van der Waals surface area contributed by atoms with Gasteiger partial charge in [-0.2, -0.15) is 0 Å². The van der Waals surface area contributed by atoms with E-state index in [1.165, 1.54) is 4.31 Å². The molecule has 0 fully saturated rings. The number of sulfonamides is 1. The predicted molar refractivity (Wildman–Crippen MR) is 88.0 cm³/mol. The third-order valence-corrected chi connectivity index (χ3v) is 5.76. The number of unbranched alkanes of at least 4 members (excludes halogenated alkanes) is 1. The van der Waals surface area contributed by atoms with Gasteiger partial charge in [0.1, 0.15) is 0 Å². The fourth-order valence-electron chi connectivity index (χ4n) is 2.21. The number of benzene rings is 1. The van der Waals surface area contributed by atoms with Gasteiger partial charge in [0, 0.05) is 20.1 Å². The van der Waals surface area contributed by atoms with E-state index in [1.807, 2.05) is 26.8 Å². The van der Waals surface area contributed by atoms with Crippen molar-refractivity contribution in [1.29, 1.82) is 0 Å². The summed E-state index contributed by atoms with van der Waals surface area (Å²) in [4.78, 5) is 0.439. The Morgan fingerprint density at radius 1 is 1.19 bits per heavy atom. The molecule has 1 rings (SSSR count). The maximum atomic E-state index is 12.7. The number of hydrogen-bond donors (Lipinski definition) is 1. The molecule has 4 nitrogen and oxygen atoms in total. The van der Waals surface area contributed by atoms with E-state index < -0.39 is 10.0 Å². The van der Waals surface area contributed by atoms with E-state index in [9.17, 15) is 8.42 Å². The van der Waals surface area contributed by atoms with E-state index in [0.717, 1.165) is 36.1 Å². The first-order valence-corrected chi connectivity index (χ1v) is 9.05. The zero-order valence-electron chi connectivity index (χ0n) is 13.9. The Morgan fingerprint density at radius 2 is 1.86 bits per heavy atom. The van der Waals surface area contributed by atoms with Gasteiger partial charge in [-0.25, -0.2) is 12.7 Å². The molecule has 0 aliphatic heterocycles. The summed E-state index contributed by atoms with van der Waals surface area (Å²) in [5.74, 6) is 0. The molecule has 0 amide bonds. The van der Waals surface area contributed by atoms with Crippen LogP contribution in [0.2, 0.25) is 0 Å². The number of nitrogens with zero attached hydrogens (tertiary/aromatic N) is 1. The highest BCUT2D eigenvalue weighted by atomic mass is 32.2. The molecular formula is C16H28N2O2S. The van der Waals surface area contributed by atoms with Gasteiger partial charge in [0.2, 0.25) is 10.0 Å². The molecule has 0 aromatic heterocycles. The van der Waals surface area contributed by atoms with Gasteiger partial charge in [-0.3, -0.25) is 0 Å². The van der Waals surface area contributed by atoms with Crippen LogP contribution in [0.4, 0.5) is 0 Å². The molecule has 0 unspecified atom stereocenters. The van der Waals surface area contributed by atoms with E-state index >= 15 is 0 Å². The van der Waals surface area contributed by atoms with Crippen molar-refractivity contribution in [3.63, 3.8) is 0 Å². The minimum absolute atomic E-state index is 0.439. The topological polar surface area (TPSA) is 49.4 Å². The van der Waals surface area contributed by atoms with Crippen molar-refractivity contribution in [3.05, 3.63) is 28.8 Å². The lowest BCUT2D eigenvalue weighted by molar-refractivity contribution is 0.458. The molecule has 1 N–H and O–H groups in total. The van der Waals surface area contributed by atoms with E-state index in [2.05, 4.69) is 18.3 Å². The molecular weight excluding hydrogens is 284 g/mol. The largest absolute Gasteiger partial charge is 0.313 e. The Balaban J connectivity index is 3.18. The number of hydrogen-bond acceptors (Lipinski definition) is 3. The molecule has 5 heteroatoms. The van der Waals surface area contributed by atoms with Crippen molar-refractivity contribution in [2.45, 2.75) is 52.0 Å². The van der Waals surface area contributed by atoms with Crippen LogP contribution in [0, 0.1) is 13.8 Å². The molecule has 21 heavy (non-hydrogen) atoms. The summed E-state index contributed by atoms with van der Waals surface area (Å²) in [7, 11) is -1.74. The minimum atomic E-state index is -3.41. The summed E-state index contributed by atoms with van der Waals surface area (Å²) in [6, 6.07) is 3.87. The zero-order valence-corrected chi connectivity index (χ0v) is 14.7. The number of rotatable bonds is 8. The zero-order chi connectivity index (χ0) is 16.0. The van der Waals surface area contributed by atoms with Gasteiger partial charge in [-0.1, -0.05) is 26.3 Å². The van der Waals surface area contributed by atoms with E-state index in [-0.39, 0.29) is 0 Å². The predicted octanol–water partition coefficient (Wildman–Crippen LogP) is 2.83. The van der Waals surface area contributed by atoms with Crippen LogP contribution in [-0.2, 0) is 16.6 Å². The molecule has 0 heterocycles. The molecule has 0 radical (unpaired) electrons. The summed E-state index contributed by atoms with van der Waals surface area (Å²) in [6.07, 6.45) is 1.86. The van der Waals surface area contributed by atoms with Crippen molar-refractivity contribution < 1.29 is 8.42 Å². The summed E-state index contributed by atoms with van der Waals surface area (Å²) in [6.45, 7) is 10.1. The molecule has 0 aliphatic rings. The smallest absolute Gasteiger partial charge is 0.243 e. The van der Waals surface area contributed by atoms with Crippen LogP contribution in [-0.4, -0.2) is 32.9 Å². The summed E-state index contributed by atoms with van der Waals surface area (Å²) < 4.78 is 27.0. The fraction of sp³-hybridized carbons (Fsp3) is 0.625. The fourth-order valence-corrected chi connectivity index (χ4v) is 3.76. The van der Waals surface area contributed by atoms with Crippen LogP contribution in [0.5, 0.6) is 0 Å². The van der Waals surface area contributed by atoms with Crippen molar-refractivity contribution >= 4 is 10.0 Å². The molecule has 0 saturated heterocycles. The lowest BCUT2D eigenvalue weighted by Gasteiger charge is -2.20. The van der Waals surface area contributed by atoms with Gasteiger partial charge in [0.25, 0.3) is 0 Å². The summed E-state index contributed by atoms with van der Waals surface area (Å²) in [5, 5.41) is 3.24. The molecule has 0 bridgehead atoms. The minimum Gasteiger partial charge on any atom is -0.313 e. The maximum Gasteiger partial charge on any atom is 0.243 e. The van der Waals surface area contributed by atoms with Gasteiger partial charge >= 0.3 is 0 Å². The monoisotopic (exact) mass is 312 g/mol. The lowest BCUT2D eigenvalue weighted by atomic mass is 10.1. The van der Waals surface area contributed by atoms with Crippen LogP contribution in [0.1, 0.15) is 43.4 Å². The second-order valence-electron chi connectivity index (χ2n) is 5.50. The first-order valence-electron chi connectivity index (χ1n) is 7.61. The summed E-state index contributed by atoms with van der Waals surface area (Å²) >= 11 is 0. The summed E-state index contributed by atoms with van der Waals surface area (Å²) in [5.41, 5.74) is 2.88. The third kappa shape index (κ3) is 4.53. The second kappa shape index (κ2) is 7.92. The Bertz CT molecular complexity index is 568. The number of nitrogens with one attached hydrogen (secondary N) is 1. The highest BCUT2D eigenvalue weighted by Gasteiger charge is 2.23. The van der Waals surface area contributed by atoms with Gasteiger partial charge in [0.05, 0.1) is 4.90 Å². The average molecular weight is 312 g/mol. The van der Waals surface area contributed by atoms with E-state index in [4.69, 9.17) is 0 Å². The molecule has 0 aliphatic carbocycles. The van der Waals surface area contributed by atoms with Crippen LogP contribution >= 0.6 is 0 Å². The van der Waals surface area contributed by atoms with Gasteiger partial charge < -0.3 is 5.32 Å². The van der Waals surface area contributed by atoms with E-state index in [0.29, 0.717) is 18.0 Å². The lowest BCUT2D eigenvalue weighted by Crippen LogP contribution is -2.29. The maximum absolute atomic E-state index is 12.7. The van der Waals surface area contributed by atoms with Crippen molar-refractivity contribution in [2.75, 3.05) is 20.1 Å². The first-order chi connectivity index (χ1) is 9.84. The highest BCUT2D eigenvalue weighted by molar-refractivity contribution is 7.89. The third-order valence-electron chi connectivity index (χ3n) is 3.77. The number of aryl methyl sites for hydroxylation is 1. The van der Waals surface area contributed by atoms with Crippen LogP contribution in [0.25, 0.3) is 0 Å². The highest BCUT2D eigenvalue weighted by Crippen LogP contribution is 2.24. The van der Waals surface area contributed by atoms with Crippen molar-refractivity contribution in [3.8, 4) is 0 Å². The van der Waals surface area contributed by atoms with E-state index in [1.54, 1.807) is 7.05 Å². The van der Waals surface area contributed by atoms with Gasteiger partial charge in [0.15, 0.2) is 0 Å². The van der Waals surface area contributed by atoms with Gasteiger partial charge in [-0.05, 0) is 49.6 Å². The standard InChI is InChI=1S/C16H28N2O2S/c1-6-8-9-18(5)21(19,20)16-11-15(12-17-7-2)10-13(3)14(16)4/h10-11,17H,6-9,12H2,1-5H3. The van der Waals surface area contributed by atoms with Gasteiger partial charge in [-0.15, -0.1) is 0 Å². The normalized spacial score (nSPS) is 12.1. The molecule has 1 aromatic rings. The Hall–Kier alpha value is -0.910. The Labute approximate surface area is 129 Å². The Kier molecular flexibility index (Phi) is 6.84. The average Bonchev–Trinajstić information content (AvgIpc) is 2.45. The second-order valence-corrected chi connectivity index (χ2v) is 7.51.